The van der Waals surface area contributed by atoms with Crippen molar-refractivity contribution in [3.63, 3.8) is 0 Å². The van der Waals surface area contributed by atoms with Gasteiger partial charge in [0.05, 0.1) is 17.8 Å². The monoisotopic (exact) mass is 416 g/mol. The molecule has 4 rings (SSSR count). The number of rotatable bonds is 6. The van der Waals surface area contributed by atoms with Crippen molar-refractivity contribution in [2.24, 2.45) is 11.8 Å². The molecular formula is C20H22F2N6O2. The standard InChI is InChI=1S/C20H22F2N6O2/c21-13-7-14-17(27-28-18(14)24-9-13)20-25-10-15(22)19(26-20)23-8-12-3-1-2-11(4-5-12)6-16(29)30/h7,9-12H,1-6,8H2,(H,29,30)(H,23,25,26)(H,24,27,28). The number of hydrogen-bond acceptors (Lipinski definition) is 6. The van der Waals surface area contributed by atoms with Crippen molar-refractivity contribution in [3.05, 3.63) is 30.1 Å². The Kier molecular flexibility index (Phi) is 5.82. The molecule has 0 radical (unpaired) electrons. The summed E-state index contributed by atoms with van der Waals surface area (Å²) in [6, 6.07) is 1.28. The lowest BCUT2D eigenvalue weighted by atomic mass is 9.95. The minimum atomic E-state index is -0.756. The number of nitrogens with one attached hydrogen (secondary N) is 2. The maximum Gasteiger partial charge on any atom is 0.303 e. The molecule has 3 aromatic heterocycles. The third-order valence-corrected chi connectivity index (χ3v) is 5.57. The number of carboxylic acid groups (broad SMARTS) is 1. The first-order valence-corrected chi connectivity index (χ1v) is 9.98. The van der Waals surface area contributed by atoms with Crippen molar-refractivity contribution in [1.82, 2.24) is 25.1 Å². The van der Waals surface area contributed by atoms with E-state index in [1.54, 1.807) is 0 Å². The molecule has 0 amide bonds. The van der Waals surface area contributed by atoms with Gasteiger partial charge < -0.3 is 10.4 Å². The molecule has 10 heteroatoms. The number of carbonyl (C=O) groups is 1. The first-order chi connectivity index (χ1) is 14.5. The van der Waals surface area contributed by atoms with Crippen LogP contribution in [-0.2, 0) is 4.79 Å². The van der Waals surface area contributed by atoms with Crippen LogP contribution in [0.4, 0.5) is 14.6 Å². The van der Waals surface area contributed by atoms with Gasteiger partial charge in [0.2, 0.25) is 0 Å². The van der Waals surface area contributed by atoms with E-state index in [-0.39, 0.29) is 24.0 Å². The molecule has 0 saturated heterocycles. The van der Waals surface area contributed by atoms with Crippen LogP contribution in [0.25, 0.3) is 22.6 Å². The molecule has 2 unspecified atom stereocenters. The van der Waals surface area contributed by atoms with Gasteiger partial charge in [-0.05, 0) is 43.6 Å². The minimum Gasteiger partial charge on any atom is -0.481 e. The molecule has 1 aliphatic rings. The van der Waals surface area contributed by atoms with Gasteiger partial charge in [0.1, 0.15) is 11.5 Å². The zero-order valence-corrected chi connectivity index (χ0v) is 16.2. The topological polar surface area (TPSA) is 117 Å². The van der Waals surface area contributed by atoms with Crippen molar-refractivity contribution in [1.29, 1.82) is 0 Å². The van der Waals surface area contributed by atoms with E-state index in [4.69, 9.17) is 5.11 Å². The summed E-state index contributed by atoms with van der Waals surface area (Å²) in [5.74, 6) is -1.07. The fourth-order valence-electron chi connectivity index (χ4n) is 4.01. The molecule has 0 spiro atoms. The number of anilines is 1. The van der Waals surface area contributed by atoms with Crippen molar-refractivity contribution in [2.45, 2.75) is 38.5 Å². The molecule has 2 atom stereocenters. The normalized spacial score (nSPS) is 19.5. The maximum absolute atomic E-state index is 14.3. The number of H-pyrrole nitrogens is 1. The number of hydrogen-bond donors (Lipinski definition) is 3. The third-order valence-electron chi connectivity index (χ3n) is 5.57. The number of nitrogens with zero attached hydrogens (tertiary/aromatic N) is 4. The van der Waals surface area contributed by atoms with Crippen LogP contribution >= 0.6 is 0 Å². The fraction of sp³-hybridized carbons (Fsp3) is 0.450. The first-order valence-electron chi connectivity index (χ1n) is 9.98. The molecule has 30 heavy (non-hydrogen) atoms. The van der Waals surface area contributed by atoms with E-state index in [0.29, 0.717) is 29.2 Å². The van der Waals surface area contributed by atoms with E-state index in [1.165, 1.54) is 6.07 Å². The molecule has 0 aliphatic heterocycles. The lowest BCUT2D eigenvalue weighted by molar-refractivity contribution is -0.138. The summed E-state index contributed by atoms with van der Waals surface area (Å²) in [4.78, 5) is 23.1. The molecule has 3 aromatic rings. The summed E-state index contributed by atoms with van der Waals surface area (Å²) in [6.07, 6.45) is 6.91. The smallest absolute Gasteiger partial charge is 0.303 e. The molecule has 1 fully saturated rings. The van der Waals surface area contributed by atoms with Crippen molar-refractivity contribution in [3.8, 4) is 11.5 Å². The summed E-state index contributed by atoms with van der Waals surface area (Å²) in [5.41, 5.74) is 0.689. The lowest BCUT2D eigenvalue weighted by Gasteiger charge is -2.16. The predicted octanol–water partition coefficient (Wildman–Crippen LogP) is 3.78. The number of carboxylic acids is 1. The van der Waals surface area contributed by atoms with Gasteiger partial charge in [0, 0.05) is 13.0 Å². The van der Waals surface area contributed by atoms with Crippen LogP contribution in [-0.4, -0.2) is 42.8 Å². The van der Waals surface area contributed by atoms with Crippen LogP contribution in [0, 0.1) is 23.5 Å². The van der Waals surface area contributed by atoms with Crippen LogP contribution in [0.5, 0.6) is 0 Å². The Morgan fingerprint density at radius 3 is 2.80 bits per heavy atom. The quantitative estimate of drug-likeness (QED) is 0.524. The van der Waals surface area contributed by atoms with Gasteiger partial charge in [-0.25, -0.2) is 23.7 Å². The Balaban J connectivity index is 1.46. The number of aromatic amines is 1. The largest absolute Gasteiger partial charge is 0.481 e. The number of pyridine rings is 1. The van der Waals surface area contributed by atoms with Crippen LogP contribution in [0.1, 0.15) is 38.5 Å². The second kappa shape index (κ2) is 8.68. The Morgan fingerprint density at radius 2 is 1.97 bits per heavy atom. The lowest BCUT2D eigenvalue weighted by Crippen LogP contribution is -2.16. The van der Waals surface area contributed by atoms with Crippen LogP contribution < -0.4 is 5.32 Å². The maximum atomic E-state index is 14.3. The second-order valence-electron chi connectivity index (χ2n) is 7.73. The molecule has 1 aliphatic carbocycles. The number of halogens is 2. The van der Waals surface area contributed by atoms with Gasteiger partial charge in [0.25, 0.3) is 0 Å². The van der Waals surface area contributed by atoms with Gasteiger partial charge in [-0.2, -0.15) is 5.10 Å². The highest BCUT2D eigenvalue weighted by atomic mass is 19.1. The molecule has 0 bridgehead atoms. The predicted molar refractivity (Wildman–Crippen MR) is 106 cm³/mol. The van der Waals surface area contributed by atoms with Gasteiger partial charge in [-0.3, -0.25) is 9.89 Å². The fourth-order valence-corrected chi connectivity index (χ4v) is 4.01. The summed E-state index contributed by atoms with van der Waals surface area (Å²) in [6.45, 7) is 0.535. The van der Waals surface area contributed by atoms with Crippen molar-refractivity contribution in [2.75, 3.05) is 11.9 Å². The summed E-state index contributed by atoms with van der Waals surface area (Å²) >= 11 is 0. The molecule has 0 aromatic carbocycles. The van der Waals surface area contributed by atoms with E-state index in [1.807, 2.05) is 0 Å². The van der Waals surface area contributed by atoms with Gasteiger partial charge in [0.15, 0.2) is 23.1 Å². The van der Waals surface area contributed by atoms with Gasteiger partial charge in [-0.1, -0.05) is 6.42 Å². The number of aliphatic carboxylic acids is 1. The second-order valence-corrected chi connectivity index (χ2v) is 7.73. The molecular weight excluding hydrogens is 394 g/mol. The van der Waals surface area contributed by atoms with E-state index < -0.39 is 17.6 Å². The summed E-state index contributed by atoms with van der Waals surface area (Å²) < 4.78 is 27.8. The molecule has 3 heterocycles. The van der Waals surface area contributed by atoms with Crippen molar-refractivity contribution < 1.29 is 18.7 Å². The highest BCUT2D eigenvalue weighted by Gasteiger charge is 2.21. The Labute approximate surface area is 171 Å². The molecule has 158 valence electrons. The zero-order chi connectivity index (χ0) is 21.1. The highest BCUT2D eigenvalue weighted by molar-refractivity contribution is 5.88. The summed E-state index contributed by atoms with van der Waals surface area (Å²) in [5, 5.41) is 19.2. The SMILES string of the molecule is O=C(O)CC1CCCC(CNc2nc(-c3[nH]nc4ncc(F)cc34)ncc2F)CC1. The van der Waals surface area contributed by atoms with E-state index in [2.05, 4.69) is 30.5 Å². The third kappa shape index (κ3) is 4.52. The van der Waals surface area contributed by atoms with Crippen LogP contribution in [0.15, 0.2) is 18.5 Å². The average Bonchev–Trinajstić information content (AvgIpc) is 3.00. The Bertz CT molecular complexity index is 1060. The Morgan fingerprint density at radius 1 is 1.17 bits per heavy atom. The van der Waals surface area contributed by atoms with Crippen molar-refractivity contribution >= 4 is 22.8 Å². The van der Waals surface area contributed by atoms with E-state index >= 15 is 0 Å². The Hall–Kier alpha value is -3.17. The molecule has 3 N–H and O–H groups in total. The highest BCUT2D eigenvalue weighted by Crippen LogP contribution is 2.30. The molecule has 8 nitrogen and oxygen atoms in total. The van der Waals surface area contributed by atoms with E-state index in [9.17, 15) is 13.6 Å². The average molecular weight is 416 g/mol. The first kappa shape index (κ1) is 20.1. The van der Waals surface area contributed by atoms with Gasteiger partial charge in [-0.15, -0.1) is 0 Å². The summed E-state index contributed by atoms with van der Waals surface area (Å²) in [7, 11) is 0. The number of fused-ring (bicyclic) bond motifs is 1. The zero-order valence-electron chi connectivity index (χ0n) is 16.2. The van der Waals surface area contributed by atoms with Crippen LogP contribution in [0.3, 0.4) is 0 Å². The number of aromatic nitrogens is 5. The van der Waals surface area contributed by atoms with E-state index in [0.717, 1.165) is 44.5 Å². The minimum absolute atomic E-state index is 0.0680. The van der Waals surface area contributed by atoms with Gasteiger partial charge >= 0.3 is 5.97 Å². The molecule has 1 saturated carbocycles. The van der Waals surface area contributed by atoms with Crippen LogP contribution in [0.2, 0.25) is 0 Å².